The summed E-state index contributed by atoms with van der Waals surface area (Å²) in [5, 5.41) is 22.2. The Hall–Kier alpha value is -0.340. The van der Waals surface area contributed by atoms with Gasteiger partial charge in [0.2, 0.25) is 0 Å². The second-order valence-electron chi connectivity index (χ2n) is 13.6. The van der Waals surface area contributed by atoms with Gasteiger partial charge in [0, 0.05) is 12.8 Å². The number of aliphatic hydroxyl groups excluding tert-OH is 2. The highest BCUT2D eigenvalue weighted by atomic mass is 32.1. The minimum absolute atomic E-state index is 0.0418. The molecule has 0 aromatic rings. The van der Waals surface area contributed by atoms with E-state index in [4.69, 9.17) is 38.6 Å². The molecule has 266 valence electrons. The van der Waals surface area contributed by atoms with Crippen molar-refractivity contribution in [2.45, 2.75) is 218 Å². The standard InChI is InChI=1S/C38H72O5S2/c1-3-5-7-9-11-13-15-17-19-21-23-25-27-29-35(44)41-31-33(39)37-38(34(40)32-42-37)43-36(45)30-28-26-24-22-20-18-16-14-12-10-8-6-4-2/h33-34,37-40H,3-32H2,1-2H3/t33-,34+,37-,38-/m0/s1. The highest BCUT2D eigenvalue weighted by Gasteiger charge is 2.43. The Balaban J connectivity index is 2.05. The van der Waals surface area contributed by atoms with Crippen molar-refractivity contribution < 1.29 is 24.4 Å². The average molecular weight is 673 g/mol. The summed E-state index contributed by atoms with van der Waals surface area (Å²) in [6.07, 6.45) is 32.4. The van der Waals surface area contributed by atoms with Crippen molar-refractivity contribution in [1.82, 2.24) is 0 Å². The van der Waals surface area contributed by atoms with E-state index in [0.29, 0.717) is 16.5 Å². The number of thiocarbonyl (C=S) groups is 2. The van der Waals surface area contributed by atoms with Gasteiger partial charge in [-0.25, -0.2) is 0 Å². The van der Waals surface area contributed by atoms with Gasteiger partial charge < -0.3 is 24.4 Å². The third-order valence-corrected chi connectivity index (χ3v) is 9.82. The summed E-state index contributed by atoms with van der Waals surface area (Å²) in [7, 11) is 0. The first-order valence-electron chi connectivity index (χ1n) is 19.3. The molecule has 0 amide bonds. The molecule has 0 spiro atoms. The van der Waals surface area contributed by atoms with Gasteiger partial charge in [-0.15, -0.1) is 0 Å². The van der Waals surface area contributed by atoms with Gasteiger partial charge in [0.15, 0.2) is 16.2 Å². The molecule has 1 saturated heterocycles. The quantitative estimate of drug-likeness (QED) is 0.0544. The highest BCUT2D eigenvalue weighted by molar-refractivity contribution is 7.80. The van der Waals surface area contributed by atoms with Crippen LogP contribution in [0, 0.1) is 0 Å². The predicted molar refractivity (Wildman–Crippen MR) is 198 cm³/mol. The maximum absolute atomic E-state index is 10.7. The summed E-state index contributed by atoms with van der Waals surface area (Å²) in [5.41, 5.74) is 0. The van der Waals surface area contributed by atoms with E-state index in [1.54, 1.807) is 0 Å². The number of unbranched alkanes of at least 4 members (excludes halogenated alkanes) is 24. The summed E-state index contributed by atoms with van der Waals surface area (Å²) >= 11 is 10.9. The Labute approximate surface area is 289 Å². The number of hydrogen-bond acceptors (Lipinski definition) is 7. The third kappa shape index (κ3) is 24.5. The largest absolute Gasteiger partial charge is 0.484 e. The minimum Gasteiger partial charge on any atom is -0.484 e. The van der Waals surface area contributed by atoms with E-state index in [1.807, 2.05) is 0 Å². The van der Waals surface area contributed by atoms with Crippen LogP contribution < -0.4 is 0 Å². The molecule has 2 N–H and O–H groups in total. The van der Waals surface area contributed by atoms with Crippen LogP contribution in [0.15, 0.2) is 0 Å². The first-order valence-corrected chi connectivity index (χ1v) is 20.1. The maximum Gasteiger partial charge on any atom is 0.160 e. The second-order valence-corrected chi connectivity index (χ2v) is 14.5. The van der Waals surface area contributed by atoms with E-state index in [1.165, 1.54) is 141 Å². The number of aliphatic hydroxyl groups is 2. The van der Waals surface area contributed by atoms with Crippen LogP contribution >= 0.6 is 24.4 Å². The van der Waals surface area contributed by atoms with Crippen molar-refractivity contribution in [2.75, 3.05) is 13.2 Å². The fourth-order valence-electron chi connectivity index (χ4n) is 6.22. The molecule has 0 unspecified atom stereocenters. The molecule has 0 aromatic heterocycles. The Morgan fingerprint density at radius 2 is 0.956 bits per heavy atom. The number of rotatable bonds is 32. The lowest BCUT2D eigenvalue weighted by atomic mass is 10.0. The van der Waals surface area contributed by atoms with Gasteiger partial charge in [0.1, 0.15) is 24.9 Å². The van der Waals surface area contributed by atoms with Gasteiger partial charge in [0.25, 0.3) is 0 Å². The van der Waals surface area contributed by atoms with Crippen LogP contribution in [0.3, 0.4) is 0 Å². The van der Waals surface area contributed by atoms with Crippen LogP contribution in [0.25, 0.3) is 0 Å². The topological polar surface area (TPSA) is 68.2 Å². The van der Waals surface area contributed by atoms with Crippen LogP contribution in [-0.2, 0) is 14.2 Å². The first-order chi connectivity index (χ1) is 22.0. The molecule has 45 heavy (non-hydrogen) atoms. The molecule has 1 fully saturated rings. The molecule has 0 aromatic carbocycles. The van der Waals surface area contributed by atoms with Gasteiger partial charge in [-0.3, -0.25) is 0 Å². The van der Waals surface area contributed by atoms with Crippen LogP contribution in [0.4, 0.5) is 0 Å². The Bertz CT molecular complexity index is 691. The van der Waals surface area contributed by atoms with E-state index in [0.717, 1.165) is 32.1 Å². The molecule has 0 radical (unpaired) electrons. The summed E-state index contributed by atoms with van der Waals surface area (Å²) in [6, 6.07) is 0. The second kappa shape index (κ2) is 31.0. The summed E-state index contributed by atoms with van der Waals surface area (Å²) in [4.78, 5) is 0. The highest BCUT2D eigenvalue weighted by Crippen LogP contribution is 2.23. The van der Waals surface area contributed by atoms with Crippen molar-refractivity contribution in [2.24, 2.45) is 0 Å². The van der Waals surface area contributed by atoms with E-state index < -0.39 is 24.4 Å². The molecule has 5 nitrogen and oxygen atoms in total. The fourth-order valence-corrected chi connectivity index (χ4v) is 6.69. The number of hydrogen-bond donors (Lipinski definition) is 2. The molecule has 0 saturated carbocycles. The van der Waals surface area contributed by atoms with Gasteiger partial charge >= 0.3 is 0 Å². The molecule has 1 rings (SSSR count). The van der Waals surface area contributed by atoms with Crippen LogP contribution in [0.5, 0.6) is 0 Å². The van der Waals surface area contributed by atoms with Crippen molar-refractivity contribution >= 4 is 34.5 Å². The van der Waals surface area contributed by atoms with Crippen molar-refractivity contribution in [3.05, 3.63) is 0 Å². The predicted octanol–water partition coefficient (Wildman–Crippen LogP) is 11.1. The SMILES string of the molecule is CCCCCCCCCCCCCCCC(=S)OC[C@H](O)[C@@H]1OC[C@@H](O)[C@@H]1OC(=S)CCCCCCCCCCCCCCC. The zero-order valence-electron chi connectivity index (χ0n) is 29.5. The zero-order valence-corrected chi connectivity index (χ0v) is 31.1. The monoisotopic (exact) mass is 672 g/mol. The van der Waals surface area contributed by atoms with Crippen LogP contribution in [0.1, 0.15) is 194 Å². The molecule has 1 aliphatic heterocycles. The zero-order chi connectivity index (χ0) is 32.8. The van der Waals surface area contributed by atoms with Crippen molar-refractivity contribution in [3.8, 4) is 0 Å². The lowest BCUT2D eigenvalue weighted by Gasteiger charge is -2.26. The molecule has 1 heterocycles. The molecule has 0 aliphatic carbocycles. The summed E-state index contributed by atoms with van der Waals surface area (Å²) < 4.78 is 17.3. The third-order valence-electron chi connectivity index (χ3n) is 9.19. The normalized spacial score (nSPS) is 18.7. The number of ether oxygens (including phenoxy) is 3. The molecule has 1 aliphatic rings. The molecular weight excluding hydrogens is 601 g/mol. The maximum atomic E-state index is 10.7. The lowest BCUT2D eigenvalue weighted by Crippen LogP contribution is -2.43. The van der Waals surface area contributed by atoms with Crippen molar-refractivity contribution in [1.29, 1.82) is 0 Å². The minimum atomic E-state index is -0.934. The molecule has 4 atom stereocenters. The molecule has 0 bridgehead atoms. The van der Waals surface area contributed by atoms with Gasteiger partial charge in [-0.1, -0.05) is 168 Å². The Morgan fingerprint density at radius 1 is 0.600 bits per heavy atom. The molecule has 7 heteroatoms. The first kappa shape index (κ1) is 42.7. The van der Waals surface area contributed by atoms with E-state index >= 15 is 0 Å². The summed E-state index contributed by atoms with van der Waals surface area (Å²) in [6.45, 7) is 4.71. The van der Waals surface area contributed by atoms with E-state index in [9.17, 15) is 10.2 Å². The fraction of sp³-hybridized carbons (Fsp3) is 0.947. The van der Waals surface area contributed by atoms with Crippen LogP contribution in [-0.4, -0.2) is 57.9 Å². The Kier molecular flexibility index (Phi) is 29.4. The molecular formula is C38H72O5S2. The summed E-state index contributed by atoms with van der Waals surface area (Å²) in [5.74, 6) is 0. The van der Waals surface area contributed by atoms with E-state index in [-0.39, 0.29) is 13.2 Å². The van der Waals surface area contributed by atoms with Crippen LogP contribution in [0.2, 0.25) is 0 Å². The van der Waals surface area contributed by atoms with Gasteiger partial charge in [0.05, 0.1) is 6.61 Å². The van der Waals surface area contributed by atoms with Gasteiger partial charge in [-0.05, 0) is 37.3 Å². The van der Waals surface area contributed by atoms with Gasteiger partial charge in [-0.2, -0.15) is 0 Å². The average Bonchev–Trinajstić information content (AvgIpc) is 3.39. The lowest BCUT2D eigenvalue weighted by molar-refractivity contribution is -0.0620. The van der Waals surface area contributed by atoms with E-state index in [2.05, 4.69) is 13.8 Å². The smallest absolute Gasteiger partial charge is 0.160 e. The Morgan fingerprint density at radius 3 is 1.36 bits per heavy atom. The van der Waals surface area contributed by atoms with Crippen molar-refractivity contribution in [3.63, 3.8) is 0 Å².